The Labute approximate surface area is 115 Å². The smallest absolute Gasteiger partial charge is 0.125 e. The number of ether oxygens (including phenoxy) is 1. The lowest BCUT2D eigenvalue weighted by Gasteiger charge is -2.26. The molecule has 0 atom stereocenters. The van der Waals surface area contributed by atoms with Crippen LogP contribution in [0.4, 0.5) is 0 Å². The maximum absolute atomic E-state index is 6.25. The zero-order valence-electron chi connectivity index (χ0n) is 11.0. The summed E-state index contributed by atoms with van der Waals surface area (Å²) in [6.07, 6.45) is 5.10. The van der Waals surface area contributed by atoms with Crippen molar-refractivity contribution >= 4 is 11.6 Å². The average Bonchev–Trinajstić information content (AvgIpc) is 2.30. The second-order valence-electron chi connectivity index (χ2n) is 5.00. The molecule has 1 aromatic rings. The summed E-state index contributed by atoms with van der Waals surface area (Å²) in [6.45, 7) is 4.79. The first-order valence-corrected chi connectivity index (χ1v) is 7.30. The molecule has 3 heteroatoms. The number of benzene rings is 1. The Morgan fingerprint density at radius 2 is 2.22 bits per heavy atom. The normalized spacial score (nSPS) is 15.4. The van der Waals surface area contributed by atoms with E-state index in [1.807, 2.05) is 18.2 Å². The monoisotopic (exact) mass is 267 g/mol. The quantitative estimate of drug-likeness (QED) is 0.754. The van der Waals surface area contributed by atoms with E-state index in [1.165, 1.54) is 19.3 Å². The molecule has 1 saturated carbocycles. The largest absolute Gasteiger partial charge is 0.493 e. The summed E-state index contributed by atoms with van der Waals surface area (Å²) in [5, 5.41) is 4.18. The third-order valence-corrected chi connectivity index (χ3v) is 3.86. The van der Waals surface area contributed by atoms with E-state index in [0.717, 1.165) is 48.4 Å². The molecule has 0 unspecified atom stereocenters. The molecule has 18 heavy (non-hydrogen) atoms. The average molecular weight is 268 g/mol. The van der Waals surface area contributed by atoms with Gasteiger partial charge in [0.2, 0.25) is 0 Å². The molecule has 0 aromatic heterocycles. The molecule has 0 heterocycles. The van der Waals surface area contributed by atoms with E-state index in [0.29, 0.717) is 0 Å². The van der Waals surface area contributed by atoms with Crippen molar-refractivity contribution in [2.45, 2.75) is 39.2 Å². The molecule has 1 N–H and O–H groups in total. The van der Waals surface area contributed by atoms with E-state index in [2.05, 4.69) is 12.2 Å². The molecule has 0 bridgehead atoms. The van der Waals surface area contributed by atoms with Gasteiger partial charge in [-0.05, 0) is 43.9 Å². The van der Waals surface area contributed by atoms with Crippen LogP contribution in [0.1, 0.15) is 38.2 Å². The SMILES string of the molecule is CCCNCc1c(Cl)cccc1OCC1CCC1. The summed E-state index contributed by atoms with van der Waals surface area (Å²) in [5.41, 5.74) is 1.09. The van der Waals surface area contributed by atoms with Gasteiger partial charge >= 0.3 is 0 Å². The molecule has 0 amide bonds. The Balaban J connectivity index is 1.95. The maximum atomic E-state index is 6.25. The van der Waals surface area contributed by atoms with E-state index >= 15 is 0 Å². The van der Waals surface area contributed by atoms with Crippen LogP contribution in [-0.2, 0) is 6.54 Å². The van der Waals surface area contributed by atoms with Crippen LogP contribution in [0.2, 0.25) is 5.02 Å². The lowest BCUT2D eigenvalue weighted by atomic mass is 9.86. The van der Waals surface area contributed by atoms with Gasteiger partial charge in [0.15, 0.2) is 0 Å². The Kier molecular flexibility index (Phi) is 5.33. The molecule has 0 spiro atoms. The van der Waals surface area contributed by atoms with Crippen molar-refractivity contribution in [3.63, 3.8) is 0 Å². The lowest BCUT2D eigenvalue weighted by Crippen LogP contribution is -2.20. The van der Waals surface area contributed by atoms with Crippen LogP contribution in [0.3, 0.4) is 0 Å². The summed E-state index contributed by atoms with van der Waals surface area (Å²) < 4.78 is 5.93. The number of nitrogens with one attached hydrogen (secondary N) is 1. The minimum Gasteiger partial charge on any atom is -0.493 e. The van der Waals surface area contributed by atoms with Gasteiger partial charge in [-0.2, -0.15) is 0 Å². The van der Waals surface area contributed by atoms with Crippen LogP contribution in [0, 0.1) is 5.92 Å². The fraction of sp³-hybridized carbons (Fsp3) is 0.600. The standard InChI is InChI=1S/C15H22ClNO/c1-2-9-17-10-13-14(16)7-4-8-15(13)18-11-12-5-3-6-12/h4,7-8,12,17H,2-3,5-6,9-11H2,1H3. The van der Waals surface area contributed by atoms with Crippen LogP contribution >= 0.6 is 11.6 Å². The van der Waals surface area contributed by atoms with Gasteiger partial charge in [-0.15, -0.1) is 0 Å². The van der Waals surface area contributed by atoms with Crippen LogP contribution in [0.25, 0.3) is 0 Å². The predicted molar refractivity (Wildman–Crippen MR) is 76.3 cm³/mol. The van der Waals surface area contributed by atoms with Crippen molar-refractivity contribution in [1.82, 2.24) is 5.32 Å². The Morgan fingerprint density at radius 3 is 2.89 bits per heavy atom. The summed E-state index contributed by atoms with van der Waals surface area (Å²) >= 11 is 6.25. The number of rotatable bonds is 7. The fourth-order valence-electron chi connectivity index (χ4n) is 2.10. The molecule has 1 aliphatic rings. The van der Waals surface area contributed by atoms with Crippen LogP contribution < -0.4 is 10.1 Å². The van der Waals surface area contributed by atoms with Crippen molar-refractivity contribution in [3.05, 3.63) is 28.8 Å². The van der Waals surface area contributed by atoms with Gasteiger partial charge < -0.3 is 10.1 Å². The first-order valence-electron chi connectivity index (χ1n) is 6.92. The van der Waals surface area contributed by atoms with Crippen molar-refractivity contribution in [1.29, 1.82) is 0 Å². The summed E-state index contributed by atoms with van der Waals surface area (Å²) in [7, 11) is 0. The minimum absolute atomic E-state index is 0.750. The lowest BCUT2D eigenvalue weighted by molar-refractivity contribution is 0.179. The highest BCUT2D eigenvalue weighted by Gasteiger charge is 2.18. The van der Waals surface area contributed by atoms with Crippen molar-refractivity contribution in [2.75, 3.05) is 13.2 Å². The molecule has 1 aliphatic carbocycles. The Hall–Kier alpha value is -0.730. The molecule has 2 nitrogen and oxygen atoms in total. The first-order chi connectivity index (χ1) is 8.81. The van der Waals surface area contributed by atoms with Gasteiger partial charge in [-0.1, -0.05) is 31.0 Å². The van der Waals surface area contributed by atoms with Gasteiger partial charge in [-0.25, -0.2) is 0 Å². The van der Waals surface area contributed by atoms with Crippen molar-refractivity contribution in [2.24, 2.45) is 5.92 Å². The molecule has 0 saturated heterocycles. The van der Waals surface area contributed by atoms with Gasteiger partial charge in [0.05, 0.1) is 6.61 Å². The summed E-state index contributed by atoms with van der Waals surface area (Å²) in [4.78, 5) is 0. The highest BCUT2D eigenvalue weighted by molar-refractivity contribution is 6.31. The maximum Gasteiger partial charge on any atom is 0.125 e. The van der Waals surface area contributed by atoms with Gasteiger partial charge in [0.1, 0.15) is 5.75 Å². The van der Waals surface area contributed by atoms with Crippen LogP contribution in [-0.4, -0.2) is 13.2 Å². The molecule has 0 aliphatic heterocycles. The number of hydrogen-bond acceptors (Lipinski definition) is 2. The van der Waals surface area contributed by atoms with Gasteiger partial charge in [0, 0.05) is 17.1 Å². The van der Waals surface area contributed by atoms with E-state index in [9.17, 15) is 0 Å². The third kappa shape index (κ3) is 3.63. The van der Waals surface area contributed by atoms with E-state index in [4.69, 9.17) is 16.3 Å². The topological polar surface area (TPSA) is 21.3 Å². The van der Waals surface area contributed by atoms with E-state index in [-0.39, 0.29) is 0 Å². The second kappa shape index (κ2) is 7.01. The van der Waals surface area contributed by atoms with Crippen LogP contribution in [0.5, 0.6) is 5.75 Å². The Morgan fingerprint density at radius 1 is 1.39 bits per heavy atom. The van der Waals surface area contributed by atoms with Gasteiger partial charge in [0.25, 0.3) is 0 Å². The van der Waals surface area contributed by atoms with Gasteiger partial charge in [-0.3, -0.25) is 0 Å². The first kappa shape index (κ1) is 13.7. The van der Waals surface area contributed by atoms with E-state index < -0.39 is 0 Å². The zero-order valence-corrected chi connectivity index (χ0v) is 11.8. The second-order valence-corrected chi connectivity index (χ2v) is 5.41. The molecule has 100 valence electrons. The molecule has 2 rings (SSSR count). The van der Waals surface area contributed by atoms with Crippen LogP contribution in [0.15, 0.2) is 18.2 Å². The molecule has 1 fully saturated rings. The number of hydrogen-bond donors (Lipinski definition) is 1. The molecule has 1 aromatic carbocycles. The van der Waals surface area contributed by atoms with E-state index in [1.54, 1.807) is 0 Å². The zero-order chi connectivity index (χ0) is 12.8. The fourth-order valence-corrected chi connectivity index (χ4v) is 2.34. The minimum atomic E-state index is 0.750. The Bertz CT molecular complexity index is 377. The predicted octanol–water partition coefficient (Wildman–Crippen LogP) is 4.02. The number of halogens is 1. The molecular weight excluding hydrogens is 246 g/mol. The highest BCUT2D eigenvalue weighted by atomic mass is 35.5. The van der Waals surface area contributed by atoms with Crippen molar-refractivity contribution < 1.29 is 4.74 Å². The molecule has 0 radical (unpaired) electrons. The third-order valence-electron chi connectivity index (χ3n) is 3.50. The molecular formula is C15H22ClNO. The highest BCUT2D eigenvalue weighted by Crippen LogP contribution is 2.30. The summed E-state index contributed by atoms with van der Waals surface area (Å²) in [6, 6.07) is 5.91. The summed E-state index contributed by atoms with van der Waals surface area (Å²) in [5.74, 6) is 1.69. The van der Waals surface area contributed by atoms with Crippen molar-refractivity contribution in [3.8, 4) is 5.75 Å².